The summed E-state index contributed by atoms with van der Waals surface area (Å²) in [4.78, 5) is 11.5. The number of carboxylic acids is 1. The van der Waals surface area contributed by atoms with Crippen LogP contribution in [0.1, 0.15) is 23.5 Å². The van der Waals surface area contributed by atoms with Gasteiger partial charge < -0.3 is 9.84 Å². The van der Waals surface area contributed by atoms with Crippen molar-refractivity contribution in [1.82, 2.24) is 0 Å². The highest BCUT2D eigenvalue weighted by molar-refractivity contribution is 5.90. The summed E-state index contributed by atoms with van der Waals surface area (Å²) in [6.07, 6.45) is 0.432. The lowest BCUT2D eigenvalue weighted by Gasteiger charge is -2.15. The lowest BCUT2D eigenvalue weighted by Crippen LogP contribution is -2.15. The van der Waals surface area contributed by atoms with Gasteiger partial charge in [0, 0.05) is 5.39 Å². The van der Waals surface area contributed by atoms with Gasteiger partial charge in [0.05, 0.1) is 12.5 Å². The molecule has 0 heterocycles. The fourth-order valence-corrected chi connectivity index (χ4v) is 2.95. The molecule has 0 fully saturated rings. The van der Waals surface area contributed by atoms with Crippen LogP contribution in [0.3, 0.4) is 0 Å². The molecule has 3 heteroatoms. The van der Waals surface area contributed by atoms with Crippen LogP contribution < -0.4 is 4.74 Å². The third kappa shape index (κ3) is 3.40. The van der Waals surface area contributed by atoms with Gasteiger partial charge in [-0.2, -0.15) is 0 Å². The van der Waals surface area contributed by atoms with Crippen LogP contribution in [-0.4, -0.2) is 17.7 Å². The number of hydrogen-bond acceptors (Lipinski definition) is 2. The van der Waals surface area contributed by atoms with Crippen molar-refractivity contribution in [2.75, 3.05) is 6.61 Å². The van der Waals surface area contributed by atoms with Gasteiger partial charge >= 0.3 is 5.97 Å². The number of carbonyl (C=O) groups is 1. The van der Waals surface area contributed by atoms with Gasteiger partial charge in [0.1, 0.15) is 5.75 Å². The summed E-state index contributed by atoms with van der Waals surface area (Å²) in [5.74, 6) is -0.574. The Kier molecular flexibility index (Phi) is 4.80. The Morgan fingerprint density at radius 2 is 1.62 bits per heavy atom. The first-order chi connectivity index (χ1) is 11.7. The standard InChI is InChI=1S/C21H20O3/c1-15-11-12-20(19-10-6-5-9-17(15)19)24-14-13-18(21(22)23)16-7-3-2-4-8-16/h2-12,18H,13-14H2,1H3,(H,22,23). The van der Waals surface area contributed by atoms with Crippen molar-refractivity contribution in [3.05, 3.63) is 77.9 Å². The Morgan fingerprint density at radius 3 is 2.33 bits per heavy atom. The molecule has 0 aromatic heterocycles. The van der Waals surface area contributed by atoms with Crippen molar-refractivity contribution in [1.29, 1.82) is 0 Å². The second-order valence-electron chi connectivity index (χ2n) is 5.86. The van der Waals surface area contributed by atoms with E-state index in [0.717, 1.165) is 22.1 Å². The van der Waals surface area contributed by atoms with Crippen LogP contribution in [0, 0.1) is 6.92 Å². The average molecular weight is 320 g/mol. The molecule has 3 nitrogen and oxygen atoms in total. The summed E-state index contributed by atoms with van der Waals surface area (Å²) in [5.41, 5.74) is 2.01. The van der Waals surface area contributed by atoms with E-state index < -0.39 is 11.9 Å². The number of aliphatic carboxylic acids is 1. The maximum absolute atomic E-state index is 11.5. The number of ether oxygens (including phenoxy) is 1. The molecule has 0 aliphatic heterocycles. The maximum Gasteiger partial charge on any atom is 0.311 e. The molecule has 0 saturated heterocycles. The predicted molar refractivity (Wildman–Crippen MR) is 95.6 cm³/mol. The number of benzene rings is 3. The van der Waals surface area contributed by atoms with E-state index in [2.05, 4.69) is 13.0 Å². The normalized spacial score (nSPS) is 12.0. The molecule has 0 aliphatic carbocycles. The second-order valence-corrected chi connectivity index (χ2v) is 5.86. The van der Waals surface area contributed by atoms with Gasteiger partial charge in [0.15, 0.2) is 0 Å². The zero-order valence-electron chi connectivity index (χ0n) is 13.6. The first-order valence-electron chi connectivity index (χ1n) is 8.05. The third-order valence-electron chi connectivity index (χ3n) is 4.27. The quantitative estimate of drug-likeness (QED) is 0.710. The molecule has 0 amide bonds. The molecule has 3 aromatic rings. The van der Waals surface area contributed by atoms with Crippen LogP contribution in [-0.2, 0) is 4.79 Å². The molecule has 0 aliphatic rings. The van der Waals surface area contributed by atoms with E-state index in [4.69, 9.17) is 4.74 Å². The van der Waals surface area contributed by atoms with Crippen molar-refractivity contribution in [3.63, 3.8) is 0 Å². The molecule has 0 spiro atoms. The Labute approximate surface area is 141 Å². The molecule has 24 heavy (non-hydrogen) atoms. The molecular weight excluding hydrogens is 300 g/mol. The Morgan fingerprint density at radius 1 is 0.958 bits per heavy atom. The zero-order valence-corrected chi connectivity index (χ0v) is 13.6. The summed E-state index contributed by atoms with van der Waals surface area (Å²) in [6, 6.07) is 21.4. The lowest BCUT2D eigenvalue weighted by molar-refractivity contribution is -0.139. The van der Waals surface area contributed by atoms with Crippen molar-refractivity contribution in [2.24, 2.45) is 0 Å². The Bertz CT molecular complexity index is 840. The van der Waals surface area contributed by atoms with Gasteiger partial charge in [-0.05, 0) is 35.9 Å². The fourth-order valence-electron chi connectivity index (χ4n) is 2.95. The first kappa shape index (κ1) is 16.1. The molecule has 3 rings (SSSR count). The smallest absolute Gasteiger partial charge is 0.311 e. The number of fused-ring (bicyclic) bond motifs is 1. The molecule has 1 unspecified atom stereocenters. The van der Waals surface area contributed by atoms with Gasteiger partial charge in [-0.15, -0.1) is 0 Å². The minimum atomic E-state index is -0.821. The van der Waals surface area contributed by atoms with Crippen molar-refractivity contribution in [3.8, 4) is 5.75 Å². The summed E-state index contributed by atoms with van der Waals surface area (Å²) in [7, 11) is 0. The largest absolute Gasteiger partial charge is 0.493 e. The SMILES string of the molecule is Cc1ccc(OCCC(C(=O)O)c2ccccc2)c2ccccc12. The van der Waals surface area contributed by atoms with E-state index in [1.54, 1.807) is 0 Å². The van der Waals surface area contributed by atoms with Gasteiger partial charge in [0.2, 0.25) is 0 Å². The number of hydrogen-bond donors (Lipinski definition) is 1. The van der Waals surface area contributed by atoms with E-state index >= 15 is 0 Å². The highest BCUT2D eigenvalue weighted by atomic mass is 16.5. The molecule has 3 aromatic carbocycles. The van der Waals surface area contributed by atoms with Crippen molar-refractivity contribution >= 4 is 16.7 Å². The molecular formula is C21H20O3. The summed E-state index contributed by atoms with van der Waals surface area (Å²) < 4.78 is 5.91. The van der Waals surface area contributed by atoms with Crippen molar-refractivity contribution in [2.45, 2.75) is 19.3 Å². The van der Waals surface area contributed by atoms with Gasteiger partial charge in [-0.3, -0.25) is 4.79 Å². The van der Waals surface area contributed by atoms with E-state index in [1.165, 1.54) is 5.56 Å². The number of aryl methyl sites for hydroxylation is 1. The van der Waals surface area contributed by atoms with E-state index in [0.29, 0.717) is 13.0 Å². The van der Waals surface area contributed by atoms with Crippen LogP contribution in [0.5, 0.6) is 5.75 Å². The Hall–Kier alpha value is -2.81. The second kappa shape index (κ2) is 7.18. The van der Waals surface area contributed by atoms with Crippen LogP contribution in [0.4, 0.5) is 0 Å². The van der Waals surface area contributed by atoms with Crippen LogP contribution in [0.2, 0.25) is 0 Å². The minimum Gasteiger partial charge on any atom is -0.493 e. The third-order valence-corrected chi connectivity index (χ3v) is 4.27. The molecule has 0 bridgehead atoms. The molecule has 0 radical (unpaired) electrons. The van der Waals surface area contributed by atoms with E-state index in [1.807, 2.05) is 60.7 Å². The molecule has 1 atom stereocenters. The van der Waals surface area contributed by atoms with Crippen LogP contribution in [0.15, 0.2) is 66.7 Å². The van der Waals surface area contributed by atoms with Crippen LogP contribution in [0.25, 0.3) is 10.8 Å². The Balaban J connectivity index is 1.74. The molecule has 1 N–H and O–H groups in total. The van der Waals surface area contributed by atoms with E-state index in [9.17, 15) is 9.90 Å². The van der Waals surface area contributed by atoms with Gasteiger partial charge in [-0.25, -0.2) is 0 Å². The zero-order chi connectivity index (χ0) is 16.9. The monoisotopic (exact) mass is 320 g/mol. The van der Waals surface area contributed by atoms with Crippen LogP contribution >= 0.6 is 0 Å². The summed E-state index contributed by atoms with van der Waals surface area (Å²) >= 11 is 0. The topological polar surface area (TPSA) is 46.5 Å². The van der Waals surface area contributed by atoms with Gasteiger partial charge in [0.25, 0.3) is 0 Å². The molecule has 0 saturated carbocycles. The summed E-state index contributed by atoms with van der Waals surface area (Å²) in [5, 5.41) is 11.7. The summed E-state index contributed by atoms with van der Waals surface area (Å²) in [6.45, 7) is 2.43. The number of carboxylic acid groups (broad SMARTS) is 1. The minimum absolute atomic E-state index is 0.360. The molecule has 122 valence electrons. The fraction of sp³-hybridized carbons (Fsp3) is 0.190. The highest BCUT2D eigenvalue weighted by Gasteiger charge is 2.19. The van der Waals surface area contributed by atoms with Gasteiger partial charge in [-0.1, -0.05) is 60.7 Å². The lowest BCUT2D eigenvalue weighted by atomic mass is 9.96. The highest BCUT2D eigenvalue weighted by Crippen LogP contribution is 2.29. The van der Waals surface area contributed by atoms with Crippen molar-refractivity contribution < 1.29 is 14.6 Å². The predicted octanol–water partition coefficient (Wildman–Crippen LogP) is 4.79. The average Bonchev–Trinajstić information content (AvgIpc) is 2.61. The maximum atomic E-state index is 11.5. The first-order valence-corrected chi connectivity index (χ1v) is 8.05. The van der Waals surface area contributed by atoms with E-state index in [-0.39, 0.29) is 0 Å². The number of rotatable bonds is 6.